The van der Waals surface area contributed by atoms with Crippen LogP contribution in [0.5, 0.6) is 0 Å². The van der Waals surface area contributed by atoms with E-state index in [9.17, 15) is 9.59 Å². The van der Waals surface area contributed by atoms with Crippen LogP contribution in [-0.2, 0) is 11.3 Å². The largest absolute Gasteiger partial charge is 0.463 e. The molecule has 0 fully saturated rings. The second kappa shape index (κ2) is 5.99. The summed E-state index contributed by atoms with van der Waals surface area (Å²) in [6.45, 7) is 0.404. The highest BCUT2D eigenvalue weighted by Gasteiger charge is 2.06. The molecule has 0 aliphatic rings. The molecule has 0 radical (unpaired) electrons. The Balaban J connectivity index is 2.10. The second-order valence-electron chi connectivity index (χ2n) is 4.03. The maximum atomic E-state index is 11.7. The molecule has 0 aromatic carbocycles. The van der Waals surface area contributed by atoms with E-state index in [0.29, 0.717) is 30.8 Å². The Hall–Kier alpha value is -2.37. The van der Waals surface area contributed by atoms with Crippen LogP contribution in [-0.4, -0.2) is 22.7 Å². The van der Waals surface area contributed by atoms with Crippen LogP contribution in [0.2, 0.25) is 0 Å². The summed E-state index contributed by atoms with van der Waals surface area (Å²) < 4.78 is 6.58. The maximum Gasteiger partial charge on any atom is 0.266 e. The first kappa shape index (κ1) is 13.1. The Bertz CT molecular complexity index is 602. The predicted octanol–water partition coefficient (Wildman–Crippen LogP) is 1.03. The van der Waals surface area contributed by atoms with Crippen LogP contribution in [0.4, 0.5) is 0 Å². The first-order valence-electron chi connectivity index (χ1n) is 6.03. The topological polar surface area (TPSA) is 77.1 Å². The van der Waals surface area contributed by atoms with E-state index in [0.717, 1.165) is 0 Å². The van der Waals surface area contributed by atoms with Crippen molar-refractivity contribution in [2.24, 2.45) is 0 Å². The molecule has 100 valence electrons. The van der Waals surface area contributed by atoms with Crippen molar-refractivity contribution in [3.05, 3.63) is 40.9 Å². The molecule has 2 heterocycles. The number of hydrogen-bond donors (Lipinski definition) is 1. The van der Waals surface area contributed by atoms with Gasteiger partial charge in [0.05, 0.1) is 6.26 Å². The van der Waals surface area contributed by atoms with Crippen molar-refractivity contribution in [3.8, 4) is 11.5 Å². The van der Waals surface area contributed by atoms with Crippen LogP contribution in [0.15, 0.2) is 39.7 Å². The number of rotatable bonds is 5. The van der Waals surface area contributed by atoms with E-state index in [2.05, 4.69) is 10.4 Å². The summed E-state index contributed by atoms with van der Waals surface area (Å²) in [5.41, 5.74) is 0.414. The van der Waals surface area contributed by atoms with Crippen LogP contribution < -0.4 is 10.9 Å². The fraction of sp³-hybridized carbons (Fsp3) is 0.308. The van der Waals surface area contributed by atoms with Crippen molar-refractivity contribution in [3.63, 3.8) is 0 Å². The van der Waals surface area contributed by atoms with Crippen molar-refractivity contribution in [1.82, 2.24) is 15.1 Å². The standard InChI is InChI=1S/C13H15N3O3/c1-14-12(17)5-2-8-16-13(18)7-6-10(15-16)11-4-3-9-19-11/h3-4,6-7,9H,2,5,8H2,1H3,(H,14,17). The van der Waals surface area contributed by atoms with Crippen LogP contribution in [0, 0.1) is 0 Å². The van der Waals surface area contributed by atoms with Crippen LogP contribution in [0.1, 0.15) is 12.8 Å². The Morgan fingerprint density at radius 1 is 1.42 bits per heavy atom. The van der Waals surface area contributed by atoms with Crippen molar-refractivity contribution < 1.29 is 9.21 Å². The molecule has 0 saturated heterocycles. The molecule has 0 bridgehead atoms. The average molecular weight is 261 g/mol. The quantitative estimate of drug-likeness (QED) is 0.872. The minimum atomic E-state index is -0.188. The molecule has 2 aromatic rings. The molecular formula is C13H15N3O3. The highest BCUT2D eigenvalue weighted by atomic mass is 16.3. The number of carbonyl (C=O) groups excluding carboxylic acids is 1. The van der Waals surface area contributed by atoms with Gasteiger partial charge in [-0.1, -0.05) is 0 Å². The van der Waals surface area contributed by atoms with Gasteiger partial charge in [-0.05, 0) is 24.6 Å². The second-order valence-corrected chi connectivity index (χ2v) is 4.03. The van der Waals surface area contributed by atoms with Gasteiger partial charge in [0.1, 0.15) is 5.69 Å². The minimum absolute atomic E-state index is 0.0461. The van der Waals surface area contributed by atoms with Gasteiger partial charge in [-0.15, -0.1) is 0 Å². The third-order valence-corrected chi connectivity index (χ3v) is 2.69. The van der Waals surface area contributed by atoms with Crippen LogP contribution in [0.25, 0.3) is 11.5 Å². The zero-order valence-electron chi connectivity index (χ0n) is 10.6. The summed E-state index contributed by atoms with van der Waals surface area (Å²) in [7, 11) is 1.59. The molecule has 0 unspecified atom stereocenters. The molecule has 1 N–H and O–H groups in total. The summed E-state index contributed by atoms with van der Waals surface area (Å²) in [4.78, 5) is 22.8. The number of nitrogens with one attached hydrogen (secondary N) is 1. The number of hydrogen-bond acceptors (Lipinski definition) is 4. The van der Waals surface area contributed by atoms with Gasteiger partial charge < -0.3 is 9.73 Å². The molecule has 2 rings (SSSR count). The van der Waals surface area contributed by atoms with Gasteiger partial charge in [0.15, 0.2) is 5.76 Å². The number of nitrogens with zero attached hydrogens (tertiary/aromatic N) is 2. The van der Waals surface area contributed by atoms with E-state index in [1.807, 2.05) is 0 Å². The van der Waals surface area contributed by atoms with Crippen molar-refractivity contribution in [2.75, 3.05) is 7.05 Å². The highest BCUT2D eigenvalue weighted by Crippen LogP contribution is 2.15. The Morgan fingerprint density at radius 3 is 2.95 bits per heavy atom. The SMILES string of the molecule is CNC(=O)CCCn1nc(-c2ccco2)ccc1=O. The number of carbonyl (C=O) groups is 1. The monoisotopic (exact) mass is 261 g/mol. The summed E-state index contributed by atoms with van der Waals surface area (Å²) >= 11 is 0. The van der Waals surface area contributed by atoms with Gasteiger partial charge in [-0.25, -0.2) is 4.68 Å². The maximum absolute atomic E-state index is 11.7. The highest BCUT2D eigenvalue weighted by molar-refractivity contribution is 5.75. The zero-order chi connectivity index (χ0) is 13.7. The third-order valence-electron chi connectivity index (χ3n) is 2.69. The van der Waals surface area contributed by atoms with E-state index in [1.54, 1.807) is 31.5 Å². The van der Waals surface area contributed by atoms with E-state index in [-0.39, 0.29) is 11.5 Å². The number of amides is 1. The summed E-state index contributed by atoms with van der Waals surface area (Å²) in [5, 5.41) is 6.75. The van der Waals surface area contributed by atoms with Gasteiger partial charge in [0, 0.05) is 26.1 Å². The predicted molar refractivity (Wildman–Crippen MR) is 69.5 cm³/mol. The van der Waals surface area contributed by atoms with E-state index in [4.69, 9.17) is 4.42 Å². The first-order valence-corrected chi connectivity index (χ1v) is 6.03. The van der Waals surface area contributed by atoms with Crippen LogP contribution >= 0.6 is 0 Å². The third kappa shape index (κ3) is 3.31. The molecule has 0 spiro atoms. The molecule has 0 aliphatic carbocycles. The molecule has 1 amide bonds. The summed E-state index contributed by atoms with van der Waals surface area (Å²) in [6, 6.07) is 6.61. The molecule has 0 aliphatic heterocycles. The molecule has 0 atom stereocenters. The lowest BCUT2D eigenvalue weighted by atomic mass is 10.3. The van der Waals surface area contributed by atoms with Crippen LogP contribution in [0.3, 0.4) is 0 Å². The number of aromatic nitrogens is 2. The fourth-order valence-corrected chi connectivity index (χ4v) is 1.68. The zero-order valence-corrected chi connectivity index (χ0v) is 10.6. The lowest BCUT2D eigenvalue weighted by Crippen LogP contribution is -2.24. The van der Waals surface area contributed by atoms with Crippen molar-refractivity contribution >= 4 is 5.91 Å². The Labute approximate surface area is 110 Å². The normalized spacial score (nSPS) is 10.4. The van der Waals surface area contributed by atoms with Gasteiger partial charge in [-0.2, -0.15) is 5.10 Å². The summed E-state index contributed by atoms with van der Waals surface area (Å²) in [5.74, 6) is 0.565. The van der Waals surface area contributed by atoms with Gasteiger partial charge >= 0.3 is 0 Å². The summed E-state index contributed by atoms with van der Waals surface area (Å²) in [6.07, 6.45) is 2.49. The molecular weight excluding hydrogens is 246 g/mol. The molecule has 6 heteroatoms. The van der Waals surface area contributed by atoms with E-state index < -0.39 is 0 Å². The van der Waals surface area contributed by atoms with Gasteiger partial charge in [0.25, 0.3) is 5.56 Å². The average Bonchev–Trinajstić information content (AvgIpc) is 2.94. The molecule has 0 saturated carbocycles. The van der Waals surface area contributed by atoms with Gasteiger partial charge in [-0.3, -0.25) is 9.59 Å². The van der Waals surface area contributed by atoms with E-state index >= 15 is 0 Å². The Kier molecular flexibility index (Phi) is 4.12. The minimum Gasteiger partial charge on any atom is -0.463 e. The van der Waals surface area contributed by atoms with E-state index in [1.165, 1.54) is 10.7 Å². The van der Waals surface area contributed by atoms with Crippen molar-refractivity contribution in [2.45, 2.75) is 19.4 Å². The first-order chi connectivity index (χ1) is 9.20. The Morgan fingerprint density at radius 2 is 2.26 bits per heavy atom. The number of aryl methyl sites for hydroxylation is 1. The van der Waals surface area contributed by atoms with Gasteiger partial charge in [0.2, 0.25) is 5.91 Å². The lowest BCUT2D eigenvalue weighted by molar-refractivity contribution is -0.120. The lowest BCUT2D eigenvalue weighted by Gasteiger charge is -2.05. The molecule has 19 heavy (non-hydrogen) atoms. The van der Waals surface area contributed by atoms with Crippen molar-refractivity contribution in [1.29, 1.82) is 0 Å². The fourth-order valence-electron chi connectivity index (χ4n) is 1.68. The smallest absolute Gasteiger partial charge is 0.266 e. The number of furan rings is 1. The molecule has 2 aromatic heterocycles. The molecule has 6 nitrogen and oxygen atoms in total.